The van der Waals surface area contributed by atoms with Crippen LogP contribution < -0.4 is 0 Å². The second kappa shape index (κ2) is 4.57. The summed E-state index contributed by atoms with van der Waals surface area (Å²) in [6.45, 7) is 1.93. The third-order valence-corrected chi connectivity index (χ3v) is 2.38. The SMILES string of the molecule is CC(=O)C(C(=O)O)c1c(F)cc(F)c(C)c1F. The summed E-state index contributed by atoms with van der Waals surface area (Å²) in [6, 6.07) is 0.368. The summed E-state index contributed by atoms with van der Waals surface area (Å²) in [6.07, 6.45) is 0. The fraction of sp³-hybridized carbons (Fsp3) is 0.273. The molecule has 0 amide bonds. The second-order valence-corrected chi connectivity index (χ2v) is 3.57. The predicted octanol–water partition coefficient (Wildman–Crippen LogP) is 2.17. The van der Waals surface area contributed by atoms with Crippen molar-refractivity contribution in [2.75, 3.05) is 0 Å². The molecular weight excluding hydrogens is 237 g/mol. The number of benzene rings is 1. The molecule has 0 saturated heterocycles. The van der Waals surface area contributed by atoms with Crippen LogP contribution in [0.15, 0.2) is 6.07 Å². The van der Waals surface area contributed by atoms with Gasteiger partial charge in [-0.25, -0.2) is 13.2 Å². The number of carbonyl (C=O) groups excluding carboxylic acids is 1. The van der Waals surface area contributed by atoms with Gasteiger partial charge in [0.15, 0.2) is 0 Å². The number of carboxylic acids is 1. The largest absolute Gasteiger partial charge is 0.480 e. The van der Waals surface area contributed by atoms with Gasteiger partial charge in [-0.3, -0.25) is 9.59 Å². The molecule has 0 spiro atoms. The van der Waals surface area contributed by atoms with Crippen molar-refractivity contribution in [1.29, 1.82) is 0 Å². The van der Waals surface area contributed by atoms with Gasteiger partial charge in [0.1, 0.15) is 29.2 Å². The minimum atomic E-state index is -1.96. The van der Waals surface area contributed by atoms with Crippen LogP contribution in [0.4, 0.5) is 13.2 Å². The van der Waals surface area contributed by atoms with Crippen LogP contribution in [0.2, 0.25) is 0 Å². The van der Waals surface area contributed by atoms with Crippen LogP contribution in [-0.4, -0.2) is 16.9 Å². The summed E-state index contributed by atoms with van der Waals surface area (Å²) in [5.41, 5.74) is -1.45. The monoisotopic (exact) mass is 246 g/mol. The summed E-state index contributed by atoms with van der Waals surface area (Å²) in [7, 11) is 0. The molecule has 1 N–H and O–H groups in total. The first-order valence-electron chi connectivity index (χ1n) is 4.64. The molecule has 1 rings (SSSR count). The van der Waals surface area contributed by atoms with E-state index in [4.69, 9.17) is 5.11 Å². The van der Waals surface area contributed by atoms with Crippen LogP contribution in [0.5, 0.6) is 0 Å². The summed E-state index contributed by atoms with van der Waals surface area (Å²) >= 11 is 0. The fourth-order valence-electron chi connectivity index (χ4n) is 1.47. The van der Waals surface area contributed by atoms with Gasteiger partial charge in [0.2, 0.25) is 0 Å². The number of Topliss-reactive ketones (excluding diaryl/α,β-unsaturated/α-hetero) is 1. The zero-order valence-corrected chi connectivity index (χ0v) is 9.05. The van der Waals surface area contributed by atoms with Crippen LogP contribution in [-0.2, 0) is 9.59 Å². The van der Waals surface area contributed by atoms with E-state index >= 15 is 0 Å². The molecule has 0 bridgehead atoms. The number of carboxylic acid groups (broad SMARTS) is 1. The van der Waals surface area contributed by atoms with Gasteiger partial charge in [-0.05, 0) is 13.8 Å². The highest BCUT2D eigenvalue weighted by Gasteiger charge is 2.32. The molecule has 1 atom stereocenters. The van der Waals surface area contributed by atoms with Crippen molar-refractivity contribution in [3.8, 4) is 0 Å². The zero-order valence-electron chi connectivity index (χ0n) is 9.05. The predicted molar refractivity (Wildman–Crippen MR) is 52.1 cm³/mol. The van der Waals surface area contributed by atoms with Crippen molar-refractivity contribution in [2.24, 2.45) is 0 Å². The van der Waals surface area contributed by atoms with Gasteiger partial charge in [-0.1, -0.05) is 0 Å². The van der Waals surface area contributed by atoms with E-state index in [0.29, 0.717) is 6.07 Å². The average molecular weight is 246 g/mol. The quantitative estimate of drug-likeness (QED) is 0.831. The Morgan fingerprint density at radius 1 is 1.24 bits per heavy atom. The maximum Gasteiger partial charge on any atom is 0.318 e. The smallest absolute Gasteiger partial charge is 0.318 e. The zero-order chi connectivity index (χ0) is 13.3. The lowest BCUT2D eigenvalue weighted by Gasteiger charge is -2.13. The van der Waals surface area contributed by atoms with E-state index < -0.39 is 46.2 Å². The van der Waals surface area contributed by atoms with Crippen LogP contribution >= 0.6 is 0 Å². The van der Waals surface area contributed by atoms with Crippen molar-refractivity contribution >= 4 is 11.8 Å². The molecule has 0 saturated carbocycles. The van der Waals surface area contributed by atoms with Gasteiger partial charge >= 0.3 is 5.97 Å². The number of rotatable bonds is 3. The lowest BCUT2D eigenvalue weighted by molar-refractivity contribution is -0.142. The normalized spacial score (nSPS) is 12.3. The average Bonchev–Trinajstić information content (AvgIpc) is 2.19. The summed E-state index contributed by atoms with van der Waals surface area (Å²) < 4.78 is 39.9. The molecule has 0 aliphatic carbocycles. The summed E-state index contributed by atoms with van der Waals surface area (Å²) in [4.78, 5) is 21.9. The fourth-order valence-corrected chi connectivity index (χ4v) is 1.47. The molecular formula is C11H9F3O3. The number of hydrogen-bond acceptors (Lipinski definition) is 2. The summed E-state index contributed by atoms with van der Waals surface area (Å²) in [5.74, 6) is -8.42. The number of aliphatic carboxylic acids is 1. The van der Waals surface area contributed by atoms with Crippen molar-refractivity contribution in [2.45, 2.75) is 19.8 Å². The Kier molecular flexibility index (Phi) is 3.55. The molecule has 6 heteroatoms. The molecule has 92 valence electrons. The molecule has 0 radical (unpaired) electrons. The van der Waals surface area contributed by atoms with Crippen molar-refractivity contribution in [3.63, 3.8) is 0 Å². The maximum absolute atomic E-state index is 13.6. The van der Waals surface area contributed by atoms with E-state index in [-0.39, 0.29) is 0 Å². The molecule has 1 unspecified atom stereocenters. The van der Waals surface area contributed by atoms with E-state index in [9.17, 15) is 22.8 Å². The molecule has 0 heterocycles. The molecule has 1 aromatic carbocycles. The van der Waals surface area contributed by atoms with Gasteiger partial charge in [-0.15, -0.1) is 0 Å². The maximum atomic E-state index is 13.6. The van der Waals surface area contributed by atoms with Crippen LogP contribution in [0, 0.1) is 24.4 Å². The highest BCUT2D eigenvalue weighted by molar-refractivity contribution is 6.02. The van der Waals surface area contributed by atoms with Gasteiger partial charge in [0.05, 0.1) is 0 Å². The Balaban J connectivity index is 3.54. The Hall–Kier alpha value is -1.85. The summed E-state index contributed by atoms with van der Waals surface area (Å²) in [5, 5.41) is 8.76. The third kappa shape index (κ3) is 2.30. The number of hydrogen-bond donors (Lipinski definition) is 1. The minimum absolute atomic E-state index is 0.368. The Morgan fingerprint density at radius 2 is 1.76 bits per heavy atom. The third-order valence-electron chi connectivity index (χ3n) is 2.38. The van der Waals surface area contributed by atoms with E-state index in [1.54, 1.807) is 0 Å². The molecule has 1 aromatic rings. The van der Waals surface area contributed by atoms with E-state index in [0.717, 1.165) is 13.8 Å². The standard InChI is InChI=1S/C11H9F3O3/c1-4-6(12)3-7(13)9(10(4)14)8(5(2)15)11(16)17/h3,8H,1-2H3,(H,16,17). The molecule has 0 aliphatic rings. The van der Waals surface area contributed by atoms with E-state index in [1.807, 2.05) is 0 Å². The van der Waals surface area contributed by atoms with Gasteiger partial charge in [0.25, 0.3) is 0 Å². The van der Waals surface area contributed by atoms with Crippen LogP contribution in [0.1, 0.15) is 24.0 Å². The van der Waals surface area contributed by atoms with Crippen molar-refractivity contribution in [1.82, 2.24) is 0 Å². The number of halogens is 3. The highest BCUT2D eigenvalue weighted by Crippen LogP contribution is 2.27. The Labute approximate surface area is 94.9 Å². The molecule has 0 aromatic heterocycles. The lowest BCUT2D eigenvalue weighted by atomic mass is 9.93. The highest BCUT2D eigenvalue weighted by atomic mass is 19.1. The first kappa shape index (κ1) is 13.2. The molecule has 0 fully saturated rings. The van der Waals surface area contributed by atoms with E-state index in [2.05, 4.69) is 0 Å². The lowest BCUT2D eigenvalue weighted by Crippen LogP contribution is -2.22. The topological polar surface area (TPSA) is 54.4 Å². The second-order valence-electron chi connectivity index (χ2n) is 3.57. The van der Waals surface area contributed by atoms with Gasteiger partial charge in [0, 0.05) is 17.2 Å². The first-order chi connectivity index (χ1) is 7.77. The minimum Gasteiger partial charge on any atom is -0.480 e. The molecule has 3 nitrogen and oxygen atoms in total. The van der Waals surface area contributed by atoms with E-state index in [1.165, 1.54) is 0 Å². The number of carbonyl (C=O) groups is 2. The van der Waals surface area contributed by atoms with Gasteiger partial charge in [-0.2, -0.15) is 0 Å². The van der Waals surface area contributed by atoms with Crippen molar-refractivity contribution in [3.05, 3.63) is 34.6 Å². The Bertz CT molecular complexity index is 483. The van der Waals surface area contributed by atoms with Crippen molar-refractivity contribution < 1.29 is 27.9 Å². The van der Waals surface area contributed by atoms with Crippen LogP contribution in [0.3, 0.4) is 0 Å². The van der Waals surface area contributed by atoms with Crippen LogP contribution in [0.25, 0.3) is 0 Å². The van der Waals surface area contributed by atoms with Gasteiger partial charge < -0.3 is 5.11 Å². The Morgan fingerprint density at radius 3 is 2.18 bits per heavy atom. The first-order valence-corrected chi connectivity index (χ1v) is 4.64. The molecule has 17 heavy (non-hydrogen) atoms. The number of ketones is 1. The molecule has 0 aliphatic heterocycles.